The summed E-state index contributed by atoms with van der Waals surface area (Å²) in [6, 6.07) is 0. The molecule has 1 rings (SSSR count). The Labute approximate surface area is 77.6 Å². The summed E-state index contributed by atoms with van der Waals surface area (Å²) < 4.78 is 4.83. The van der Waals surface area contributed by atoms with Crippen molar-refractivity contribution >= 4 is 11.9 Å². The first-order chi connectivity index (χ1) is 6.20. The molecule has 1 saturated heterocycles. The van der Waals surface area contributed by atoms with Crippen LogP contribution in [-0.2, 0) is 14.3 Å². The predicted molar refractivity (Wildman–Crippen MR) is 46.9 cm³/mol. The molecule has 0 aromatic heterocycles. The number of carbonyl (C=O) groups excluding carboxylic acids is 2. The molecule has 0 aromatic carbocycles. The molecule has 1 fully saturated rings. The van der Waals surface area contributed by atoms with Crippen molar-refractivity contribution in [2.75, 3.05) is 13.2 Å². The second-order valence-electron chi connectivity index (χ2n) is 3.14. The molecule has 0 bridgehead atoms. The summed E-state index contributed by atoms with van der Waals surface area (Å²) in [7, 11) is 0. The van der Waals surface area contributed by atoms with Crippen LogP contribution in [0.4, 0.5) is 0 Å². The molecule has 74 valence electrons. The fourth-order valence-electron chi connectivity index (χ4n) is 1.59. The van der Waals surface area contributed by atoms with Gasteiger partial charge in [-0.25, -0.2) is 0 Å². The Kier molecular flexibility index (Phi) is 3.28. The third kappa shape index (κ3) is 1.99. The van der Waals surface area contributed by atoms with Gasteiger partial charge in [0.25, 0.3) is 0 Å². The highest BCUT2D eigenvalue weighted by Gasteiger charge is 2.39. The molecule has 1 heterocycles. The van der Waals surface area contributed by atoms with E-state index in [1.165, 1.54) is 0 Å². The molecule has 0 radical (unpaired) electrons. The van der Waals surface area contributed by atoms with Crippen LogP contribution in [0.5, 0.6) is 0 Å². The van der Waals surface area contributed by atoms with Gasteiger partial charge in [0.15, 0.2) is 0 Å². The number of rotatable bonds is 3. The zero-order valence-corrected chi connectivity index (χ0v) is 8.00. The van der Waals surface area contributed by atoms with Gasteiger partial charge >= 0.3 is 5.97 Å². The summed E-state index contributed by atoms with van der Waals surface area (Å²) >= 11 is 0. The Balaban J connectivity index is 2.63. The van der Waals surface area contributed by atoms with Gasteiger partial charge in [0.2, 0.25) is 5.91 Å². The maximum absolute atomic E-state index is 11.3. The van der Waals surface area contributed by atoms with E-state index in [0.29, 0.717) is 13.2 Å². The van der Waals surface area contributed by atoms with Crippen LogP contribution in [-0.4, -0.2) is 25.0 Å². The summed E-state index contributed by atoms with van der Waals surface area (Å²) in [6.07, 6.45) is 0.822. The van der Waals surface area contributed by atoms with Crippen molar-refractivity contribution in [2.45, 2.75) is 20.3 Å². The van der Waals surface area contributed by atoms with Crippen LogP contribution in [0.3, 0.4) is 0 Å². The normalized spacial score (nSPS) is 27.1. The summed E-state index contributed by atoms with van der Waals surface area (Å²) in [4.78, 5) is 22.6. The largest absolute Gasteiger partial charge is 0.465 e. The lowest BCUT2D eigenvalue weighted by molar-refractivity contribution is -0.152. The minimum atomic E-state index is -0.579. The molecule has 13 heavy (non-hydrogen) atoms. The summed E-state index contributed by atoms with van der Waals surface area (Å²) in [6.45, 7) is 4.64. The number of hydrogen-bond acceptors (Lipinski definition) is 3. The van der Waals surface area contributed by atoms with E-state index in [2.05, 4.69) is 5.32 Å². The smallest absolute Gasteiger partial charge is 0.318 e. The zero-order chi connectivity index (χ0) is 9.84. The van der Waals surface area contributed by atoms with E-state index in [0.717, 1.165) is 6.42 Å². The number of esters is 1. The molecule has 1 amide bonds. The summed E-state index contributed by atoms with van der Waals surface area (Å²) in [5.41, 5.74) is 0. The minimum Gasteiger partial charge on any atom is -0.465 e. The molecular formula is C9H15NO3. The lowest BCUT2D eigenvalue weighted by Crippen LogP contribution is -2.29. The third-order valence-electron chi connectivity index (χ3n) is 2.36. The van der Waals surface area contributed by atoms with Gasteiger partial charge in [0, 0.05) is 6.54 Å². The van der Waals surface area contributed by atoms with Crippen molar-refractivity contribution in [2.24, 2.45) is 11.8 Å². The van der Waals surface area contributed by atoms with E-state index in [1.807, 2.05) is 6.92 Å². The Bertz CT molecular complexity index is 215. The van der Waals surface area contributed by atoms with E-state index in [4.69, 9.17) is 4.74 Å². The molecule has 4 heteroatoms. The highest BCUT2D eigenvalue weighted by atomic mass is 16.5. The Hall–Kier alpha value is -1.06. The molecule has 0 spiro atoms. The summed E-state index contributed by atoms with van der Waals surface area (Å²) in [5, 5.41) is 2.67. The third-order valence-corrected chi connectivity index (χ3v) is 2.36. The Morgan fingerprint density at radius 2 is 2.31 bits per heavy atom. The topological polar surface area (TPSA) is 55.4 Å². The van der Waals surface area contributed by atoms with Crippen molar-refractivity contribution in [1.29, 1.82) is 0 Å². The second kappa shape index (κ2) is 4.25. The minimum absolute atomic E-state index is 0.103. The molecule has 1 aliphatic rings. The number of hydrogen-bond donors (Lipinski definition) is 1. The standard InChI is InChI=1S/C9H15NO3/c1-3-6-5-10-8(11)7(6)9(12)13-4-2/h6-7H,3-5H2,1-2H3,(H,10,11). The van der Waals surface area contributed by atoms with E-state index >= 15 is 0 Å². The number of ether oxygens (including phenoxy) is 1. The molecule has 0 aliphatic carbocycles. The molecule has 0 aromatic rings. The van der Waals surface area contributed by atoms with Gasteiger partial charge in [-0.2, -0.15) is 0 Å². The Morgan fingerprint density at radius 1 is 1.62 bits per heavy atom. The molecule has 1 N–H and O–H groups in total. The number of carbonyl (C=O) groups is 2. The van der Waals surface area contributed by atoms with Crippen molar-refractivity contribution < 1.29 is 14.3 Å². The number of amides is 1. The van der Waals surface area contributed by atoms with Gasteiger partial charge in [0.1, 0.15) is 5.92 Å². The average molecular weight is 185 g/mol. The van der Waals surface area contributed by atoms with Crippen LogP contribution in [0.25, 0.3) is 0 Å². The van der Waals surface area contributed by atoms with Gasteiger partial charge < -0.3 is 10.1 Å². The first-order valence-corrected chi connectivity index (χ1v) is 4.65. The fourth-order valence-corrected chi connectivity index (χ4v) is 1.59. The Morgan fingerprint density at radius 3 is 2.85 bits per heavy atom. The first-order valence-electron chi connectivity index (χ1n) is 4.65. The van der Waals surface area contributed by atoms with Gasteiger partial charge in [-0.15, -0.1) is 0 Å². The number of nitrogens with one attached hydrogen (secondary N) is 1. The average Bonchev–Trinajstić information content (AvgIpc) is 2.47. The van der Waals surface area contributed by atoms with Crippen LogP contribution >= 0.6 is 0 Å². The lowest BCUT2D eigenvalue weighted by atomic mass is 9.93. The van der Waals surface area contributed by atoms with Crippen molar-refractivity contribution in [3.05, 3.63) is 0 Å². The SMILES string of the molecule is CCOC(=O)C1C(=O)NCC1CC. The van der Waals surface area contributed by atoms with Gasteiger partial charge in [-0.3, -0.25) is 9.59 Å². The van der Waals surface area contributed by atoms with Crippen molar-refractivity contribution in [3.8, 4) is 0 Å². The highest BCUT2D eigenvalue weighted by molar-refractivity contribution is 5.99. The molecule has 4 nitrogen and oxygen atoms in total. The summed E-state index contributed by atoms with van der Waals surface area (Å²) in [5.74, 6) is -1.05. The van der Waals surface area contributed by atoms with Crippen LogP contribution in [0.1, 0.15) is 20.3 Å². The fraction of sp³-hybridized carbons (Fsp3) is 0.778. The first kappa shape index (κ1) is 10.0. The van der Waals surface area contributed by atoms with Crippen molar-refractivity contribution in [3.63, 3.8) is 0 Å². The maximum atomic E-state index is 11.3. The zero-order valence-electron chi connectivity index (χ0n) is 8.00. The van der Waals surface area contributed by atoms with E-state index < -0.39 is 5.92 Å². The van der Waals surface area contributed by atoms with Gasteiger partial charge in [-0.05, 0) is 12.8 Å². The highest BCUT2D eigenvalue weighted by Crippen LogP contribution is 2.22. The molecule has 0 saturated carbocycles. The van der Waals surface area contributed by atoms with Gasteiger partial charge in [0.05, 0.1) is 6.61 Å². The molecule has 2 atom stereocenters. The molecular weight excluding hydrogens is 170 g/mol. The molecule has 2 unspecified atom stereocenters. The maximum Gasteiger partial charge on any atom is 0.318 e. The van der Waals surface area contributed by atoms with Crippen LogP contribution < -0.4 is 5.32 Å². The predicted octanol–water partition coefficient (Wildman–Crippen LogP) is 0.322. The molecule has 1 aliphatic heterocycles. The van der Waals surface area contributed by atoms with Gasteiger partial charge in [-0.1, -0.05) is 13.3 Å². The quantitative estimate of drug-likeness (QED) is 0.509. The van der Waals surface area contributed by atoms with E-state index in [1.54, 1.807) is 6.92 Å². The van der Waals surface area contributed by atoms with Crippen LogP contribution in [0, 0.1) is 11.8 Å². The van der Waals surface area contributed by atoms with Crippen LogP contribution in [0.2, 0.25) is 0 Å². The van der Waals surface area contributed by atoms with Crippen molar-refractivity contribution in [1.82, 2.24) is 5.32 Å². The van der Waals surface area contributed by atoms with E-state index in [-0.39, 0.29) is 17.8 Å². The second-order valence-corrected chi connectivity index (χ2v) is 3.14. The lowest BCUT2D eigenvalue weighted by Gasteiger charge is -2.12. The van der Waals surface area contributed by atoms with Crippen LogP contribution in [0.15, 0.2) is 0 Å². The van der Waals surface area contributed by atoms with E-state index in [9.17, 15) is 9.59 Å². The monoisotopic (exact) mass is 185 g/mol.